The summed E-state index contributed by atoms with van der Waals surface area (Å²) in [6.07, 6.45) is 1.73. The molecule has 2 N–H and O–H groups in total. The van der Waals surface area contributed by atoms with Crippen LogP contribution in [0, 0.1) is 6.92 Å². The van der Waals surface area contributed by atoms with Gasteiger partial charge in [0.25, 0.3) is 0 Å². The average molecular weight is 329 g/mol. The lowest BCUT2D eigenvalue weighted by atomic mass is 10.2. The molecule has 7 nitrogen and oxygen atoms in total. The monoisotopic (exact) mass is 329 g/mol. The highest BCUT2D eigenvalue weighted by molar-refractivity contribution is 5.53. The lowest BCUT2D eigenvalue weighted by molar-refractivity contribution is 0.0335. The second kappa shape index (κ2) is 8.14. The molecule has 0 spiro atoms. The number of anilines is 1. The first kappa shape index (κ1) is 16.8. The Balaban J connectivity index is 1.72. The van der Waals surface area contributed by atoms with Gasteiger partial charge in [0.05, 0.1) is 25.9 Å². The van der Waals surface area contributed by atoms with Crippen LogP contribution in [0.2, 0.25) is 0 Å². The van der Waals surface area contributed by atoms with Crippen molar-refractivity contribution < 1.29 is 9.84 Å². The SMILES string of the molecule is Cc1cc(NC(CO)CN2CCOCC2)nc(-c2ccccn2)n1. The zero-order chi connectivity index (χ0) is 16.8. The molecule has 24 heavy (non-hydrogen) atoms. The summed E-state index contributed by atoms with van der Waals surface area (Å²) in [7, 11) is 0. The molecule has 128 valence electrons. The minimum absolute atomic E-state index is 0.0410. The third kappa shape index (κ3) is 4.47. The van der Waals surface area contributed by atoms with E-state index in [1.807, 2.05) is 31.2 Å². The molecule has 0 saturated carbocycles. The number of morpholine rings is 1. The Kier molecular flexibility index (Phi) is 5.68. The van der Waals surface area contributed by atoms with Crippen LogP contribution < -0.4 is 5.32 Å². The number of pyridine rings is 1. The minimum atomic E-state index is -0.0889. The highest BCUT2D eigenvalue weighted by Gasteiger charge is 2.17. The summed E-state index contributed by atoms with van der Waals surface area (Å²) in [5, 5.41) is 13.0. The van der Waals surface area contributed by atoms with Crippen LogP contribution in [0.1, 0.15) is 5.69 Å². The van der Waals surface area contributed by atoms with Crippen molar-refractivity contribution in [2.45, 2.75) is 13.0 Å². The number of nitrogens with one attached hydrogen (secondary N) is 1. The molecule has 7 heteroatoms. The number of rotatable bonds is 6. The maximum Gasteiger partial charge on any atom is 0.180 e. The molecular weight excluding hydrogens is 306 g/mol. The zero-order valence-corrected chi connectivity index (χ0v) is 13.9. The molecule has 3 rings (SSSR count). The van der Waals surface area contributed by atoms with Gasteiger partial charge < -0.3 is 15.2 Å². The van der Waals surface area contributed by atoms with Gasteiger partial charge in [0.1, 0.15) is 11.5 Å². The van der Waals surface area contributed by atoms with Crippen LogP contribution in [-0.2, 0) is 4.74 Å². The third-order valence-corrected chi connectivity index (χ3v) is 3.90. The van der Waals surface area contributed by atoms with Crippen molar-refractivity contribution in [3.8, 4) is 11.5 Å². The van der Waals surface area contributed by atoms with Gasteiger partial charge in [-0.1, -0.05) is 6.07 Å². The van der Waals surface area contributed by atoms with Gasteiger partial charge >= 0.3 is 0 Å². The molecule has 0 aromatic carbocycles. The van der Waals surface area contributed by atoms with E-state index in [4.69, 9.17) is 4.74 Å². The molecule has 2 aromatic rings. The van der Waals surface area contributed by atoms with Crippen LogP contribution in [0.25, 0.3) is 11.5 Å². The predicted octanol–water partition coefficient (Wildman–Crippen LogP) is 0.952. The van der Waals surface area contributed by atoms with Gasteiger partial charge in [-0.3, -0.25) is 9.88 Å². The smallest absolute Gasteiger partial charge is 0.180 e. The topological polar surface area (TPSA) is 83.4 Å². The van der Waals surface area contributed by atoms with Gasteiger partial charge in [-0.15, -0.1) is 0 Å². The van der Waals surface area contributed by atoms with E-state index in [-0.39, 0.29) is 12.6 Å². The first-order chi connectivity index (χ1) is 11.7. The average Bonchev–Trinajstić information content (AvgIpc) is 2.62. The lowest BCUT2D eigenvalue weighted by Gasteiger charge is -2.30. The van der Waals surface area contributed by atoms with Crippen molar-refractivity contribution in [3.05, 3.63) is 36.2 Å². The first-order valence-corrected chi connectivity index (χ1v) is 8.19. The second-order valence-electron chi connectivity index (χ2n) is 5.87. The van der Waals surface area contributed by atoms with Crippen LogP contribution in [0.3, 0.4) is 0 Å². The summed E-state index contributed by atoms with van der Waals surface area (Å²) in [6.45, 7) is 5.99. The number of aliphatic hydroxyl groups is 1. The molecule has 1 aliphatic heterocycles. The Hall–Kier alpha value is -2.09. The van der Waals surface area contributed by atoms with E-state index in [2.05, 4.69) is 25.2 Å². The van der Waals surface area contributed by atoms with Crippen molar-refractivity contribution in [3.63, 3.8) is 0 Å². The van der Waals surface area contributed by atoms with Crippen LogP contribution >= 0.6 is 0 Å². The van der Waals surface area contributed by atoms with Crippen LogP contribution in [0.4, 0.5) is 5.82 Å². The lowest BCUT2D eigenvalue weighted by Crippen LogP contribution is -2.44. The van der Waals surface area contributed by atoms with Crippen LogP contribution in [-0.4, -0.2) is 70.5 Å². The van der Waals surface area contributed by atoms with E-state index >= 15 is 0 Å². The van der Waals surface area contributed by atoms with Crippen molar-refractivity contribution in [1.82, 2.24) is 19.9 Å². The zero-order valence-electron chi connectivity index (χ0n) is 13.9. The van der Waals surface area contributed by atoms with Gasteiger partial charge in [0.15, 0.2) is 5.82 Å². The Morgan fingerprint density at radius 3 is 2.83 bits per heavy atom. The molecule has 0 aliphatic carbocycles. The molecule has 0 radical (unpaired) electrons. The van der Waals surface area contributed by atoms with E-state index in [9.17, 15) is 5.11 Å². The largest absolute Gasteiger partial charge is 0.394 e. The number of hydrogen-bond acceptors (Lipinski definition) is 7. The molecule has 1 unspecified atom stereocenters. The van der Waals surface area contributed by atoms with Gasteiger partial charge in [-0.05, 0) is 19.1 Å². The molecule has 1 saturated heterocycles. The highest BCUT2D eigenvalue weighted by atomic mass is 16.5. The fraction of sp³-hybridized carbons (Fsp3) is 0.471. The molecule has 0 bridgehead atoms. The summed E-state index contributed by atoms with van der Waals surface area (Å²) >= 11 is 0. The highest BCUT2D eigenvalue weighted by Crippen LogP contribution is 2.16. The van der Waals surface area contributed by atoms with Crippen molar-refractivity contribution in [2.24, 2.45) is 0 Å². The van der Waals surface area contributed by atoms with E-state index in [0.717, 1.165) is 44.2 Å². The Bertz CT molecular complexity index is 647. The molecular formula is C17H23N5O2. The van der Waals surface area contributed by atoms with Gasteiger partial charge in [-0.2, -0.15) is 0 Å². The van der Waals surface area contributed by atoms with Gasteiger partial charge in [0.2, 0.25) is 0 Å². The normalized spacial score (nSPS) is 16.8. The van der Waals surface area contributed by atoms with Gasteiger partial charge in [0, 0.05) is 37.6 Å². The first-order valence-electron chi connectivity index (χ1n) is 8.19. The summed E-state index contributed by atoms with van der Waals surface area (Å²) < 4.78 is 5.36. The Labute approximate surface area is 141 Å². The van der Waals surface area contributed by atoms with E-state index < -0.39 is 0 Å². The second-order valence-corrected chi connectivity index (χ2v) is 5.87. The Morgan fingerprint density at radius 2 is 2.12 bits per heavy atom. The summed E-state index contributed by atoms with van der Waals surface area (Å²) in [5.74, 6) is 1.29. The number of aliphatic hydroxyl groups excluding tert-OH is 1. The number of ether oxygens (including phenoxy) is 1. The maximum atomic E-state index is 9.70. The number of aryl methyl sites for hydroxylation is 1. The van der Waals surface area contributed by atoms with Crippen LogP contribution in [0.15, 0.2) is 30.5 Å². The quantitative estimate of drug-likeness (QED) is 0.816. The van der Waals surface area contributed by atoms with E-state index in [0.29, 0.717) is 11.6 Å². The van der Waals surface area contributed by atoms with E-state index in [1.54, 1.807) is 6.20 Å². The molecule has 3 heterocycles. The van der Waals surface area contributed by atoms with E-state index in [1.165, 1.54) is 0 Å². The fourth-order valence-corrected chi connectivity index (χ4v) is 2.71. The Morgan fingerprint density at radius 1 is 1.29 bits per heavy atom. The molecule has 1 aliphatic rings. The van der Waals surface area contributed by atoms with Crippen LogP contribution in [0.5, 0.6) is 0 Å². The fourth-order valence-electron chi connectivity index (χ4n) is 2.71. The summed E-state index contributed by atoms with van der Waals surface area (Å²) in [6, 6.07) is 7.46. The van der Waals surface area contributed by atoms with Crippen molar-refractivity contribution in [1.29, 1.82) is 0 Å². The molecule has 2 aromatic heterocycles. The number of aromatic nitrogens is 3. The van der Waals surface area contributed by atoms with Crippen molar-refractivity contribution in [2.75, 3.05) is 44.8 Å². The standard InChI is InChI=1S/C17H23N5O2/c1-13-10-16(21-17(19-13)15-4-2-3-5-18-15)20-14(12-23)11-22-6-8-24-9-7-22/h2-5,10,14,23H,6-9,11-12H2,1H3,(H,19,20,21). The minimum Gasteiger partial charge on any atom is -0.394 e. The molecule has 1 fully saturated rings. The van der Waals surface area contributed by atoms with Gasteiger partial charge in [-0.25, -0.2) is 9.97 Å². The summed E-state index contributed by atoms with van der Waals surface area (Å²) in [5.41, 5.74) is 1.59. The number of nitrogens with zero attached hydrogens (tertiary/aromatic N) is 4. The third-order valence-electron chi connectivity index (χ3n) is 3.90. The predicted molar refractivity (Wildman–Crippen MR) is 91.8 cm³/mol. The maximum absolute atomic E-state index is 9.70. The molecule has 1 atom stereocenters. The van der Waals surface area contributed by atoms with Crippen molar-refractivity contribution >= 4 is 5.82 Å². The molecule has 0 amide bonds. The number of hydrogen-bond donors (Lipinski definition) is 2. The summed E-state index contributed by atoms with van der Waals surface area (Å²) in [4.78, 5) is 15.6.